The number of aryl methyl sites for hydroxylation is 1. The standard InChI is InChI=1S/C26H21N3O6S/c1-3-33-26(30)35-25-27-16-23-24(28-25)21-15-19(34-18-7-5-4-6-8-18)11-14-22(21)29(23)36(31,32)20-12-9-17(2)10-13-20/h4-16H,3H2,1-2H3. The van der Waals surface area contributed by atoms with Crippen molar-refractivity contribution >= 4 is 38.1 Å². The molecule has 2 heterocycles. The van der Waals surface area contributed by atoms with Crippen LogP contribution < -0.4 is 9.47 Å². The first-order chi connectivity index (χ1) is 17.4. The number of benzene rings is 3. The van der Waals surface area contributed by atoms with Crippen molar-refractivity contribution in [3.8, 4) is 17.5 Å². The third-order valence-corrected chi connectivity index (χ3v) is 7.12. The van der Waals surface area contributed by atoms with E-state index >= 15 is 0 Å². The predicted molar refractivity (Wildman–Crippen MR) is 133 cm³/mol. The smallest absolute Gasteiger partial charge is 0.457 e. The maximum atomic E-state index is 13.7. The quantitative estimate of drug-likeness (QED) is 0.281. The zero-order valence-corrected chi connectivity index (χ0v) is 20.2. The summed E-state index contributed by atoms with van der Waals surface area (Å²) in [6.45, 7) is 3.64. The summed E-state index contributed by atoms with van der Waals surface area (Å²) < 4.78 is 44.4. The Kier molecular flexibility index (Phi) is 6.03. The summed E-state index contributed by atoms with van der Waals surface area (Å²) in [6, 6.07) is 20.5. The number of fused-ring (bicyclic) bond motifs is 3. The van der Waals surface area contributed by atoms with Crippen molar-refractivity contribution in [3.05, 3.63) is 84.6 Å². The van der Waals surface area contributed by atoms with Crippen molar-refractivity contribution < 1.29 is 27.4 Å². The molecule has 182 valence electrons. The van der Waals surface area contributed by atoms with Crippen molar-refractivity contribution in [3.63, 3.8) is 0 Å². The van der Waals surface area contributed by atoms with Gasteiger partial charge in [-0.15, -0.1) is 0 Å². The molecule has 5 rings (SSSR count). The topological polar surface area (TPSA) is 110 Å². The Hall–Kier alpha value is -4.44. The molecule has 0 N–H and O–H groups in total. The molecular formula is C26H21N3O6S. The third kappa shape index (κ3) is 4.34. The number of carbonyl (C=O) groups is 1. The van der Waals surface area contributed by atoms with Gasteiger partial charge in [-0.25, -0.2) is 22.2 Å². The molecule has 0 unspecified atom stereocenters. The van der Waals surface area contributed by atoms with Crippen LogP contribution in [0.15, 0.2) is 83.9 Å². The van der Waals surface area contributed by atoms with Gasteiger partial charge < -0.3 is 14.2 Å². The molecule has 0 spiro atoms. The molecule has 0 aliphatic carbocycles. The number of carbonyl (C=O) groups excluding carboxylic acids is 1. The van der Waals surface area contributed by atoms with Crippen LogP contribution in [0, 0.1) is 6.92 Å². The molecule has 0 saturated carbocycles. The molecule has 0 fully saturated rings. The van der Waals surface area contributed by atoms with E-state index in [1.165, 1.54) is 10.2 Å². The first-order valence-electron chi connectivity index (χ1n) is 11.1. The van der Waals surface area contributed by atoms with E-state index in [9.17, 15) is 13.2 Å². The van der Waals surface area contributed by atoms with Crippen molar-refractivity contribution in [2.45, 2.75) is 18.7 Å². The summed E-state index contributed by atoms with van der Waals surface area (Å²) in [7, 11) is -4.02. The lowest BCUT2D eigenvalue weighted by molar-refractivity contribution is 0.101. The second-order valence-corrected chi connectivity index (χ2v) is 9.63. The molecule has 36 heavy (non-hydrogen) atoms. The van der Waals surface area contributed by atoms with E-state index in [0.717, 1.165) is 5.56 Å². The van der Waals surface area contributed by atoms with Gasteiger partial charge in [0.25, 0.3) is 10.0 Å². The van der Waals surface area contributed by atoms with E-state index in [4.69, 9.17) is 14.2 Å². The Balaban J connectivity index is 1.71. The largest absolute Gasteiger partial charge is 0.516 e. The Morgan fingerprint density at radius 3 is 2.42 bits per heavy atom. The van der Waals surface area contributed by atoms with Gasteiger partial charge in [-0.2, -0.15) is 4.98 Å². The first kappa shape index (κ1) is 23.3. The second kappa shape index (κ2) is 9.31. The molecule has 0 bridgehead atoms. The van der Waals surface area contributed by atoms with Crippen LogP contribution in [0.3, 0.4) is 0 Å². The summed E-state index contributed by atoms with van der Waals surface area (Å²) in [5.41, 5.74) is 1.80. The Morgan fingerprint density at radius 2 is 1.69 bits per heavy atom. The number of para-hydroxylation sites is 1. The highest BCUT2D eigenvalue weighted by atomic mass is 32.2. The summed E-state index contributed by atoms with van der Waals surface area (Å²) in [4.78, 5) is 20.3. The molecule has 2 aromatic heterocycles. The number of rotatable bonds is 6. The highest BCUT2D eigenvalue weighted by molar-refractivity contribution is 7.90. The van der Waals surface area contributed by atoms with Gasteiger partial charge in [0.15, 0.2) is 0 Å². The third-order valence-electron chi connectivity index (χ3n) is 5.38. The molecule has 0 aliphatic heterocycles. The molecule has 0 amide bonds. The Bertz CT molecular complexity index is 1680. The van der Waals surface area contributed by atoms with Crippen LogP contribution in [-0.2, 0) is 14.8 Å². The van der Waals surface area contributed by atoms with Crippen LogP contribution in [0.1, 0.15) is 12.5 Å². The molecule has 3 aromatic carbocycles. The van der Waals surface area contributed by atoms with E-state index in [0.29, 0.717) is 22.4 Å². The SMILES string of the molecule is CCOC(=O)Oc1ncc2c(n1)c1cc(Oc3ccccc3)ccc1n2S(=O)(=O)c1ccc(C)cc1. The first-order valence-corrected chi connectivity index (χ1v) is 12.5. The maximum absolute atomic E-state index is 13.7. The summed E-state index contributed by atoms with van der Waals surface area (Å²) in [6.07, 6.45) is 0.348. The molecule has 10 heteroatoms. The number of hydrogen-bond donors (Lipinski definition) is 0. The van der Waals surface area contributed by atoms with Gasteiger partial charge >= 0.3 is 12.2 Å². The lowest BCUT2D eigenvalue weighted by Gasteiger charge is -2.10. The van der Waals surface area contributed by atoms with Crippen molar-refractivity contribution in [1.82, 2.24) is 13.9 Å². The number of ether oxygens (including phenoxy) is 3. The van der Waals surface area contributed by atoms with Gasteiger partial charge in [0, 0.05) is 5.39 Å². The van der Waals surface area contributed by atoms with E-state index in [1.54, 1.807) is 49.4 Å². The zero-order valence-electron chi connectivity index (χ0n) is 19.4. The minimum atomic E-state index is -4.02. The van der Waals surface area contributed by atoms with Crippen LogP contribution in [0.4, 0.5) is 4.79 Å². The molecule has 0 radical (unpaired) electrons. The average molecular weight is 504 g/mol. The highest BCUT2D eigenvalue weighted by Crippen LogP contribution is 2.35. The minimum absolute atomic E-state index is 0.114. The monoisotopic (exact) mass is 503 g/mol. The van der Waals surface area contributed by atoms with Crippen LogP contribution in [0.5, 0.6) is 17.5 Å². The van der Waals surface area contributed by atoms with E-state index in [-0.39, 0.29) is 28.5 Å². The van der Waals surface area contributed by atoms with E-state index in [2.05, 4.69) is 9.97 Å². The van der Waals surface area contributed by atoms with E-state index < -0.39 is 16.2 Å². The molecule has 0 atom stereocenters. The number of hydrogen-bond acceptors (Lipinski definition) is 8. The fraction of sp³-hybridized carbons (Fsp3) is 0.115. The average Bonchev–Trinajstić information content (AvgIpc) is 3.19. The highest BCUT2D eigenvalue weighted by Gasteiger charge is 2.25. The normalized spacial score (nSPS) is 11.5. The summed E-state index contributed by atoms with van der Waals surface area (Å²) in [5, 5.41) is 0.477. The molecular weight excluding hydrogens is 482 g/mol. The van der Waals surface area contributed by atoms with Gasteiger partial charge in [-0.1, -0.05) is 35.9 Å². The van der Waals surface area contributed by atoms with Crippen LogP contribution >= 0.6 is 0 Å². The minimum Gasteiger partial charge on any atom is -0.457 e. The van der Waals surface area contributed by atoms with Gasteiger partial charge in [0.05, 0.1) is 23.2 Å². The predicted octanol–water partition coefficient (Wildman–Crippen LogP) is 5.46. The number of aromatic nitrogens is 3. The van der Waals surface area contributed by atoms with Gasteiger partial charge in [0.1, 0.15) is 22.5 Å². The van der Waals surface area contributed by atoms with Gasteiger partial charge in [0.2, 0.25) is 0 Å². The molecule has 0 saturated heterocycles. The summed E-state index contributed by atoms with van der Waals surface area (Å²) in [5.74, 6) is 1.10. The Morgan fingerprint density at radius 1 is 0.944 bits per heavy atom. The van der Waals surface area contributed by atoms with Crippen molar-refractivity contribution in [1.29, 1.82) is 0 Å². The maximum Gasteiger partial charge on any atom is 0.516 e. The molecule has 0 aliphatic rings. The molecule has 9 nitrogen and oxygen atoms in total. The van der Waals surface area contributed by atoms with Gasteiger partial charge in [-0.05, 0) is 56.3 Å². The Labute approximate surface area is 206 Å². The van der Waals surface area contributed by atoms with Crippen LogP contribution in [0.2, 0.25) is 0 Å². The lowest BCUT2D eigenvalue weighted by Crippen LogP contribution is -2.14. The van der Waals surface area contributed by atoms with E-state index in [1.807, 2.05) is 37.3 Å². The van der Waals surface area contributed by atoms with Crippen LogP contribution in [0.25, 0.3) is 21.9 Å². The lowest BCUT2D eigenvalue weighted by atomic mass is 10.2. The summed E-state index contributed by atoms with van der Waals surface area (Å²) >= 11 is 0. The second-order valence-electron chi connectivity index (χ2n) is 7.85. The van der Waals surface area contributed by atoms with Crippen molar-refractivity contribution in [2.24, 2.45) is 0 Å². The fourth-order valence-corrected chi connectivity index (χ4v) is 5.25. The molecule has 5 aromatic rings. The van der Waals surface area contributed by atoms with Crippen molar-refractivity contribution in [2.75, 3.05) is 6.61 Å². The number of nitrogens with zero attached hydrogens (tertiary/aromatic N) is 3. The van der Waals surface area contributed by atoms with Crippen LogP contribution in [-0.4, -0.2) is 35.1 Å². The zero-order chi connectivity index (χ0) is 25.3. The fourth-order valence-electron chi connectivity index (χ4n) is 3.75. The van der Waals surface area contributed by atoms with Gasteiger partial charge in [-0.3, -0.25) is 0 Å².